The number of rotatable bonds is 3. The number of benzene rings is 1. The molecule has 1 N–H and O–H groups in total. The van der Waals surface area contributed by atoms with Gasteiger partial charge < -0.3 is 10.2 Å². The van der Waals surface area contributed by atoms with Crippen LogP contribution in [0.1, 0.15) is 41.0 Å². The van der Waals surface area contributed by atoms with Crippen molar-refractivity contribution in [2.75, 3.05) is 23.3 Å². The molecule has 0 aliphatic carbocycles. The van der Waals surface area contributed by atoms with Crippen LogP contribution >= 0.6 is 0 Å². The molecule has 1 amide bonds. The lowest BCUT2D eigenvalue weighted by Gasteiger charge is -2.28. The number of alkyl halides is 3. The van der Waals surface area contributed by atoms with Crippen molar-refractivity contribution >= 4 is 22.9 Å². The molecular formula is C21H21F3N4O. The molecule has 0 bridgehead atoms. The van der Waals surface area contributed by atoms with E-state index in [1.165, 1.54) is 29.7 Å². The number of aryl methyl sites for hydroxylation is 1. The lowest BCUT2D eigenvalue weighted by Crippen LogP contribution is -2.29. The SMILES string of the molecule is Cc1nc2ccc(C(F)(F)F)cn2c1C(=O)Nc1ccc(N2CCCCC2)cc1. The number of fused-ring (bicyclic) bond motifs is 1. The average Bonchev–Trinajstić information content (AvgIpc) is 3.03. The Morgan fingerprint density at radius 2 is 1.72 bits per heavy atom. The summed E-state index contributed by atoms with van der Waals surface area (Å²) in [6.07, 6.45) is 0.00533. The van der Waals surface area contributed by atoms with Crippen molar-refractivity contribution in [1.29, 1.82) is 0 Å². The van der Waals surface area contributed by atoms with E-state index in [9.17, 15) is 18.0 Å². The summed E-state index contributed by atoms with van der Waals surface area (Å²) in [5, 5.41) is 2.77. The van der Waals surface area contributed by atoms with E-state index in [1.54, 1.807) is 6.92 Å². The summed E-state index contributed by atoms with van der Waals surface area (Å²) in [4.78, 5) is 19.3. The van der Waals surface area contributed by atoms with E-state index in [-0.39, 0.29) is 5.69 Å². The molecule has 3 heterocycles. The molecule has 152 valence electrons. The average molecular weight is 402 g/mol. The number of aromatic nitrogens is 2. The predicted molar refractivity (Wildman–Crippen MR) is 105 cm³/mol. The highest BCUT2D eigenvalue weighted by Crippen LogP contribution is 2.30. The summed E-state index contributed by atoms with van der Waals surface area (Å²) in [6.45, 7) is 3.65. The molecule has 1 saturated heterocycles. The minimum absolute atomic E-state index is 0.0891. The van der Waals surface area contributed by atoms with E-state index in [4.69, 9.17) is 0 Å². The fourth-order valence-corrected chi connectivity index (χ4v) is 3.70. The van der Waals surface area contributed by atoms with Gasteiger partial charge in [0.15, 0.2) is 0 Å². The van der Waals surface area contributed by atoms with Gasteiger partial charge in [-0.05, 0) is 62.6 Å². The Labute approximate surface area is 166 Å². The van der Waals surface area contributed by atoms with Crippen LogP contribution in [0.25, 0.3) is 5.65 Å². The van der Waals surface area contributed by atoms with E-state index in [2.05, 4.69) is 15.2 Å². The van der Waals surface area contributed by atoms with Crippen LogP contribution in [0.15, 0.2) is 42.6 Å². The molecule has 1 aliphatic rings. The van der Waals surface area contributed by atoms with Gasteiger partial charge in [-0.3, -0.25) is 9.20 Å². The summed E-state index contributed by atoms with van der Waals surface area (Å²) in [6, 6.07) is 9.74. The number of nitrogens with one attached hydrogen (secondary N) is 1. The zero-order valence-corrected chi connectivity index (χ0v) is 16.0. The second kappa shape index (κ2) is 7.42. The number of amides is 1. The molecule has 5 nitrogen and oxygen atoms in total. The Morgan fingerprint density at radius 3 is 2.38 bits per heavy atom. The Kier molecular flexibility index (Phi) is 4.94. The van der Waals surface area contributed by atoms with Gasteiger partial charge in [-0.2, -0.15) is 13.2 Å². The molecule has 2 aromatic heterocycles. The second-order valence-electron chi connectivity index (χ2n) is 7.24. The van der Waals surface area contributed by atoms with Gasteiger partial charge in [0.25, 0.3) is 5.91 Å². The Balaban J connectivity index is 1.58. The first kappa shape index (κ1) is 19.3. The van der Waals surface area contributed by atoms with Crippen molar-refractivity contribution in [2.24, 2.45) is 0 Å². The number of hydrogen-bond acceptors (Lipinski definition) is 3. The van der Waals surface area contributed by atoms with E-state index >= 15 is 0 Å². The molecule has 0 radical (unpaired) electrons. The number of halogens is 3. The zero-order valence-electron chi connectivity index (χ0n) is 16.0. The molecule has 1 aromatic carbocycles. The molecule has 3 aromatic rings. The normalized spacial score (nSPS) is 15.0. The van der Waals surface area contributed by atoms with Crippen LogP contribution in [0, 0.1) is 6.92 Å². The van der Waals surface area contributed by atoms with Gasteiger partial charge in [0.1, 0.15) is 11.3 Å². The molecule has 1 fully saturated rings. The fourth-order valence-electron chi connectivity index (χ4n) is 3.70. The first-order chi connectivity index (χ1) is 13.8. The molecule has 0 saturated carbocycles. The Hall–Kier alpha value is -3.03. The van der Waals surface area contributed by atoms with Gasteiger partial charge in [0.2, 0.25) is 0 Å². The van der Waals surface area contributed by atoms with E-state index < -0.39 is 17.6 Å². The van der Waals surface area contributed by atoms with Gasteiger partial charge in [0.05, 0.1) is 11.3 Å². The smallest absolute Gasteiger partial charge is 0.372 e. The lowest BCUT2D eigenvalue weighted by molar-refractivity contribution is -0.137. The number of piperidine rings is 1. The third kappa shape index (κ3) is 3.92. The van der Waals surface area contributed by atoms with Crippen LogP contribution < -0.4 is 10.2 Å². The zero-order chi connectivity index (χ0) is 20.6. The topological polar surface area (TPSA) is 49.6 Å². The summed E-state index contributed by atoms with van der Waals surface area (Å²) >= 11 is 0. The molecule has 8 heteroatoms. The highest BCUT2D eigenvalue weighted by molar-refractivity contribution is 6.04. The maximum absolute atomic E-state index is 13.1. The van der Waals surface area contributed by atoms with Crippen molar-refractivity contribution < 1.29 is 18.0 Å². The predicted octanol–water partition coefficient (Wildman–Crippen LogP) is 4.90. The van der Waals surface area contributed by atoms with Crippen molar-refractivity contribution in [3.05, 3.63) is 59.5 Å². The summed E-state index contributed by atoms with van der Waals surface area (Å²) in [5.41, 5.74) is 1.60. The summed E-state index contributed by atoms with van der Waals surface area (Å²) in [7, 11) is 0. The van der Waals surface area contributed by atoms with Crippen LogP contribution in [0.3, 0.4) is 0 Å². The highest BCUT2D eigenvalue weighted by atomic mass is 19.4. The number of anilines is 2. The second-order valence-corrected chi connectivity index (χ2v) is 7.24. The van der Waals surface area contributed by atoms with E-state index in [0.717, 1.165) is 31.0 Å². The van der Waals surface area contributed by atoms with Crippen molar-refractivity contribution in [3.8, 4) is 0 Å². The maximum Gasteiger partial charge on any atom is 0.417 e. The molecule has 0 spiro atoms. The van der Waals surface area contributed by atoms with Crippen molar-refractivity contribution in [3.63, 3.8) is 0 Å². The number of carbonyl (C=O) groups excluding carboxylic acids is 1. The molecule has 4 rings (SSSR count). The van der Waals surface area contributed by atoms with Crippen LogP contribution in [0.2, 0.25) is 0 Å². The van der Waals surface area contributed by atoms with Gasteiger partial charge in [-0.1, -0.05) is 0 Å². The standard InChI is InChI=1S/C21H21F3N4O/c1-14-19(28-13-15(21(22,23)24)5-10-18(28)25-14)20(29)26-16-6-8-17(9-7-16)27-11-3-2-4-12-27/h5-10,13H,2-4,11-12H2,1H3,(H,26,29). The van der Waals surface area contributed by atoms with E-state index in [1.807, 2.05) is 24.3 Å². The summed E-state index contributed by atoms with van der Waals surface area (Å²) < 4.78 is 40.4. The van der Waals surface area contributed by atoms with Gasteiger partial charge >= 0.3 is 6.18 Å². The highest BCUT2D eigenvalue weighted by Gasteiger charge is 2.31. The van der Waals surface area contributed by atoms with Gasteiger partial charge in [-0.15, -0.1) is 0 Å². The largest absolute Gasteiger partial charge is 0.417 e. The molecular weight excluding hydrogens is 381 g/mol. The number of imidazole rings is 1. The van der Waals surface area contributed by atoms with Crippen molar-refractivity contribution in [1.82, 2.24) is 9.38 Å². The Bertz CT molecular complexity index is 1030. The van der Waals surface area contributed by atoms with Crippen LogP contribution in [-0.4, -0.2) is 28.4 Å². The number of carbonyl (C=O) groups is 1. The first-order valence-electron chi connectivity index (χ1n) is 9.55. The van der Waals surface area contributed by atoms with Gasteiger partial charge in [-0.25, -0.2) is 4.98 Å². The lowest BCUT2D eigenvalue weighted by atomic mass is 10.1. The maximum atomic E-state index is 13.1. The van der Waals surface area contributed by atoms with Crippen LogP contribution in [0.5, 0.6) is 0 Å². The number of hydrogen-bond donors (Lipinski definition) is 1. The molecule has 0 unspecified atom stereocenters. The molecule has 29 heavy (non-hydrogen) atoms. The number of pyridine rings is 1. The van der Waals surface area contributed by atoms with Crippen LogP contribution in [0.4, 0.5) is 24.5 Å². The first-order valence-corrected chi connectivity index (χ1v) is 9.55. The third-order valence-electron chi connectivity index (χ3n) is 5.18. The molecule has 0 atom stereocenters. The third-order valence-corrected chi connectivity index (χ3v) is 5.18. The van der Waals surface area contributed by atoms with E-state index in [0.29, 0.717) is 17.0 Å². The van der Waals surface area contributed by atoms with Crippen LogP contribution in [-0.2, 0) is 6.18 Å². The minimum Gasteiger partial charge on any atom is -0.372 e. The monoisotopic (exact) mass is 402 g/mol. The quantitative estimate of drug-likeness (QED) is 0.678. The van der Waals surface area contributed by atoms with Crippen molar-refractivity contribution in [2.45, 2.75) is 32.4 Å². The fraction of sp³-hybridized carbons (Fsp3) is 0.333. The Morgan fingerprint density at radius 1 is 1.03 bits per heavy atom. The summed E-state index contributed by atoms with van der Waals surface area (Å²) in [5.74, 6) is -0.500. The minimum atomic E-state index is -4.50. The number of nitrogens with zero attached hydrogens (tertiary/aromatic N) is 3. The van der Waals surface area contributed by atoms with Gasteiger partial charge in [0, 0.05) is 30.7 Å². The molecule has 1 aliphatic heterocycles.